The van der Waals surface area contributed by atoms with Crippen LogP contribution in [0.5, 0.6) is 0 Å². The molecule has 2 amide bonds. The fraction of sp³-hybridized carbons (Fsp3) is 0.875. The summed E-state index contributed by atoms with van der Waals surface area (Å²) < 4.78 is 0. The fourth-order valence-corrected chi connectivity index (χ4v) is 2.06. The van der Waals surface area contributed by atoms with E-state index in [1.807, 2.05) is 11.8 Å². The van der Waals surface area contributed by atoms with Crippen molar-refractivity contribution in [3.63, 3.8) is 0 Å². The quantitative estimate of drug-likeness (QED) is 0.579. The van der Waals surface area contributed by atoms with Crippen LogP contribution in [0.2, 0.25) is 0 Å². The summed E-state index contributed by atoms with van der Waals surface area (Å²) in [6.07, 6.45) is 5.94. The third-order valence-electron chi connectivity index (χ3n) is 3.61. The summed E-state index contributed by atoms with van der Waals surface area (Å²) in [6, 6.07) is 0.0161. The van der Waals surface area contributed by atoms with Crippen molar-refractivity contribution in [1.29, 1.82) is 0 Å². The number of nitrogens with zero attached hydrogens (tertiary/aromatic N) is 1. The molecule has 0 saturated carbocycles. The first-order chi connectivity index (χ1) is 10.0. The second-order valence-electron chi connectivity index (χ2n) is 5.75. The highest BCUT2D eigenvalue weighted by molar-refractivity contribution is 5.74. The Morgan fingerprint density at radius 3 is 2.14 bits per heavy atom. The van der Waals surface area contributed by atoms with Crippen molar-refractivity contribution in [3.05, 3.63) is 0 Å². The van der Waals surface area contributed by atoms with Gasteiger partial charge in [-0.15, -0.1) is 0 Å². The standard InChI is InChI=1S/C16H32N2O3/c1-4-6-12-18(13-7-5-2)16(21)17-11-10-14(3)8-9-15(19)20/h14H,4-13H2,1-3H3,(H,17,21)(H,19,20). The molecule has 0 aromatic rings. The predicted octanol–water partition coefficient (Wildman–Crippen LogP) is 3.49. The second-order valence-corrected chi connectivity index (χ2v) is 5.75. The van der Waals surface area contributed by atoms with E-state index in [4.69, 9.17) is 5.11 Å². The number of hydrogen-bond donors (Lipinski definition) is 2. The van der Waals surface area contributed by atoms with Gasteiger partial charge in [0.1, 0.15) is 0 Å². The highest BCUT2D eigenvalue weighted by Crippen LogP contribution is 2.09. The van der Waals surface area contributed by atoms with Gasteiger partial charge in [0.25, 0.3) is 0 Å². The molecule has 0 radical (unpaired) electrons. The zero-order chi connectivity index (χ0) is 16.1. The number of unbranched alkanes of at least 4 members (excludes halogenated alkanes) is 2. The Kier molecular flexibility index (Phi) is 11.7. The van der Waals surface area contributed by atoms with Crippen molar-refractivity contribution < 1.29 is 14.7 Å². The molecule has 0 fully saturated rings. The summed E-state index contributed by atoms with van der Waals surface area (Å²) in [5.41, 5.74) is 0. The molecule has 0 aromatic carbocycles. The molecule has 21 heavy (non-hydrogen) atoms. The largest absolute Gasteiger partial charge is 0.481 e. The van der Waals surface area contributed by atoms with Crippen molar-refractivity contribution in [2.24, 2.45) is 5.92 Å². The van der Waals surface area contributed by atoms with Gasteiger partial charge in [-0.25, -0.2) is 4.79 Å². The maximum atomic E-state index is 12.1. The Hall–Kier alpha value is -1.26. The van der Waals surface area contributed by atoms with Gasteiger partial charge in [0.05, 0.1) is 0 Å². The Morgan fingerprint density at radius 1 is 1.10 bits per heavy atom. The summed E-state index contributed by atoms with van der Waals surface area (Å²) in [5, 5.41) is 11.6. The molecule has 124 valence electrons. The first-order valence-corrected chi connectivity index (χ1v) is 8.25. The van der Waals surface area contributed by atoms with E-state index in [2.05, 4.69) is 19.2 Å². The second kappa shape index (κ2) is 12.5. The van der Waals surface area contributed by atoms with E-state index in [0.29, 0.717) is 18.9 Å². The van der Waals surface area contributed by atoms with Gasteiger partial charge < -0.3 is 15.3 Å². The van der Waals surface area contributed by atoms with Gasteiger partial charge in [0.15, 0.2) is 0 Å². The third-order valence-corrected chi connectivity index (χ3v) is 3.61. The maximum Gasteiger partial charge on any atom is 0.317 e. The molecule has 0 aliphatic carbocycles. The summed E-state index contributed by atoms with van der Waals surface area (Å²) in [6.45, 7) is 8.53. The normalized spacial score (nSPS) is 12.0. The number of carboxylic acid groups (broad SMARTS) is 1. The highest BCUT2D eigenvalue weighted by Gasteiger charge is 2.12. The minimum Gasteiger partial charge on any atom is -0.481 e. The van der Waals surface area contributed by atoms with Crippen molar-refractivity contribution in [2.75, 3.05) is 19.6 Å². The van der Waals surface area contributed by atoms with Gasteiger partial charge in [0, 0.05) is 26.1 Å². The van der Waals surface area contributed by atoms with Crippen LogP contribution in [-0.2, 0) is 4.79 Å². The minimum absolute atomic E-state index is 0.0161. The molecule has 0 rings (SSSR count). The summed E-state index contributed by atoms with van der Waals surface area (Å²) in [4.78, 5) is 24.5. The van der Waals surface area contributed by atoms with Crippen molar-refractivity contribution >= 4 is 12.0 Å². The molecule has 5 nitrogen and oxygen atoms in total. The molecule has 0 aromatic heterocycles. The van der Waals surface area contributed by atoms with E-state index in [9.17, 15) is 9.59 Å². The molecule has 0 aliphatic rings. The molecular formula is C16H32N2O3. The number of carbonyl (C=O) groups excluding carboxylic acids is 1. The van der Waals surface area contributed by atoms with Crippen LogP contribution in [-0.4, -0.2) is 41.6 Å². The lowest BCUT2D eigenvalue weighted by atomic mass is 10.0. The van der Waals surface area contributed by atoms with Crippen LogP contribution in [0.1, 0.15) is 65.7 Å². The van der Waals surface area contributed by atoms with Crippen LogP contribution >= 0.6 is 0 Å². The van der Waals surface area contributed by atoms with Crippen molar-refractivity contribution in [3.8, 4) is 0 Å². The number of carboxylic acids is 1. The van der Waals surface area contributed by atoms with Crippen LogP contribution in [0.15, 0.2) is 0 Å². The van der Waals surface area contributed by atoms with E-state index >= 15 is 0 Å². The molecular weight excluding hydrogens is 268 g/mol. The van der Waals surface area contributed by atoms with Crippen LogP contribution < -0.4 is 5.32 Å². The Bertz CT molecular complexity index is 287. The molecule has 0 spiro atoms. The zero-order valence-electron chi connectivity index (χ0n) is 13.9. The van der Waals surface area contributed by atoms with Crippen molar-refractivity contribution in [2.45, 2.75) is 65.7 Å². The topological polar surface area (TPSA) is 69.6 Å². The molecule has 1 atom stereocenters. The number of nitrogens with one attached hydrogen (secondary N) is 1. The Balaban J connectivity index is 3.97. The smallest absolute Gasteiger partial charge is 0.317 e. The number of carbonyl (C=O) groups is 2. The first-order valence-electron chi connectivity index (χ1n) is 8.25. The lowest BCUT2D eigenvalue weighted by Gasteiger charge is -2.23. The number of rotatable bonds is 12. The molecule has 0 aliphatic heterocycles. The van der Waals surface area contributed by atoms with Gasteiger partial charge in [-0.1, -0.05) is 33.6 Å². The zero-order valence-corrected chi connectivity index (χ0v) is 13.9. The highest BCUT2D eigenvalue weighted by atomic mass is 16.4. The minimum atomic E-state index is -0.754. The maximum absolute atomic E-state index is 12.1. The van der Waals surface area contributed by atoms with E-state index in [1.54, 1.807) is 0 Å². The van der Waals surface area contributed by atoms with Crippen molar-refractivity contribution in [1.82, 2.24) is 10.2 Å². The van der Waals surface area contributed by atoms with Gasteiger partial charge in [0.2, 0.25) is 0 Å². The third kappa shape index (κ3) is 11.1. The molecule has 0 saturated heterocycles. The van der Waals surface area contributed by atoms with Crippen LogP contribution in [0.25, 0.3) is 0 Å². The van der Waals surface area contributed by atoms with Gasteiger partial charge in [-0.05, 0) is 31.6 Å². The molecule has 2 N–H and O–H groups in total. The molecule has 1 unspecified atom stereocenters. The lowest BCUT2D eigenvalue weighted by Crippen LogP contribution is -2.41. The average molecular weight is 300 g/mol. The van der Waals surface area contributed by atoms with Gasteiger partial charge in [-0.2, -0.15) is 0 Å². The van der Waals surface area contributed by atoms with Gasteiger partial charge in [-0.3, -0.25) is 4.79 Å². The van der Waals surface area contributed by atoms with E-state index in [0.717, 1.165) is 45.2 Å². The van der Waals surface area contributed by atoms with Crippen LogP contribution in [0.3, 0.4) is 0 Å². The van der Waals surface area contributed by atoms with Gasteiger partial charge >= 0.3 is 12.0 Å². The van der Waals surface area contributed by atoms with E-state index in [1.165, 1.54) is 0 Å². The fourth-order valence-electron chi connectivity index (χ4n) is 2.06. The number of aliphatic carboxylic acids is 1. The number of hydrogen-bond acceptors (Lipinski definition) is 2. The predicted molar refractivity (Wildman–Crippen MR) is 85.4 cm³/mol. The number of urea groups is 1. The molecule has 0 bridgehead atoms. The summed E-state index contributed by atoms with van der Waals surface area (Å²) >= 11 is 0. The number of amides is 2. The summed E-state index contributed by atoms with van der Waals surface area (Å²) in [7, 11) is 0. The average Bonchev–Trinajstić information content (AvgIpc) is 2.45. The van der Waals surface area contributed by atoms with E-state index in [-0.39, 0.29) is 12.5 Å². The Labute approximate surface area is 129 Å². The van der Waals surface area contributed by atoms with E-state index < -0.39 is 5.97 Å². The Morgan fingerprint density at radius 2 is 1.67 bits per heavy atom. The monoisotopic (exact) mass is 300 g/mol. The molecule has 0 heterocycles. The molecule has 5 heteroatoms. The lowest BCUT2D eigenvalue weighted by molar-refractivity contribution is -0.137. The van der Waals surface area contributed by atoms with Crippen LogP contribution in [0, 0.1) is 5.92 Å². The SMILES string of the molecule is CCCCN(CCCC)C(=O)NCCC(C)CCC(=O)O. The first kappa shape index (κ1) is 19.7. The summed E-state index contributed by atoms with van der Waals surface area (Å²) in [5.74, 6) is -0.433. The van der Waals surface area contributed by atoms with Crippen LogP contribution in [0.4, 0.5) is 4.79 Å².